The topological polar surface area (TPSA) is 58.0 Å². The lowest BCUT2D eigenvalue weighted by molar-refractivity contribution is -0.125. The van der Waals surface area contributed by atoms with Gasteiger partial charge < -0.3 is 14.7 Å². The Balaban J connectivity index is 1.52. The number of carbonyl (C=O) groups is 1. The number of hydrogen-bond donors (Lipinski definition) is 2. The van der Waals surface area contributed by atoms with Crippen LogP contribution in [0, 0.1) is 11.7 Å². The Labute approximate surface area is 132 Å². The number of carbonyl (C=O) groups excluding carboxylic acids is 1. The number of halogens is 1. The third-order valence-corrected chi connectivity index (χ3v) is 4.54. The Bertz CT molecular complexity index is 851. The van der Waals surface area contributed by atoms with Crippen molar-refractivity contribution in [3.05, 3.63) is 59.4 Å². The largest absolute Gasteiger partial charge is 0.467 e. The Kier molecular flexibility index (Phi) is 3.41. The zero-order valence-corrected chi connectivity index (χ0v) is 12.6. The van der Waals surface area contributed by atoms with E-state index >= 15 is 0 Å². The highest BCUT2D eigenvalue weighted by atomic mass is 19.1. The highest BCUT2D eigenvalue weighted by Gasteiger charge is 2.27. The number of nitrogens with one attached hydrogen (secondary N) is 2. The molecule has 1 atom stereocenters. The number of benzene rings is 1. The van der Waals surface area contributed by atoms with Gasteiger partial charge in [-0.2, -0.15) is 0 Å². The third kappa shape index (κ3) is 2.63. The number of furan rings is 1. The lowest BCUT2D eigenvalue weighted by Crippen LogP contribution is -2.33. The zero-order chi connectivity index (χ0) is 15.8. The molecule has 0 fully saturated rings. The number of rotatable bonds is 3. The lowest BCUT2D eigenvalue weighted by Gasteiger charge is -2.21. The highest BCUT2D eigenvalue weighted by Crippen LogP contribution is 2.32. The molecule has 1 amide bonds. The van der Waals surface area contributed by atoms with Crippen molar-refractivity contribution in [1.29, 1.82) is 0 Å². The first-order valence-corrected chi connectivity index (χ1v) is 7.80. The van der Waals surface area contributed by atoms with Gasteiger partial charge in [0.2, 0.25) is 5.91 Å². The predicted octanol–water partition coefficient (Wildman–Crippen LogP) is 3.32. The first kappa shape index (κ1) is 14.1. The van der Waals surface area contributed by atoms with E-state index in [0.29, 0.717) is 13.0 Å². The van der Waals surface area contributed by atoms with Crippen LogP contribution in [0.2, 0.25) is 0 Å². The van der Waals surface area contributed by atoms with E-state index < -0.39 is 0 Å². The number of fused-ring (bicyclic) bond motifs is 3. The first-order chi connectivity index (χ1) is 11.2. The summed E-state index contributed by atoms with van der Waals surface area (Å²) in [7, 11) is 0. The van der Waals surface area contributed by atoms with Gasteiger partial charge in [-0.05, 0) is 55.2 Å². The highest BCUT2D eigenvalue weighted by molar-refractivity contribution is 5.87. The molecule has 0 spiro atoms. The Hall–Kier alpha value is -2.56. The van der Waals surface area contributed by atoms with Crippen LogP contribution in [0.4, 0.5) is 4.39 Å². The maximum atomic E-state index is 13.5. The van der Waals surface area contributed by atoms with Gasteiger partial charge in [-0.15, -0.1) is 0 Å². The molecule has 1 aliphatic rings. The van der Waals surface area contributed by atoms with Crippen LogP contribution in [0.1, 0.15) is 23.4 Å². The first-order valence-electron chi connectivity index (χ1n) is 7.80. The SMILES string of the molecule is O=C(NCc1ccco1)C1CCc2[nH]c3ccc(F)cc3c2C1. The summed E-state index contributed by atoms with van der Waals surface area (Å²) in [6.07, 6.45) is 3.84. The van der Waals surface area contributed by atoms with Crippen LogP contribution >= 0.6 is 0 Å². The molecule has 0 bridgehead atoms. The fourth-order valence-electron chi connectivity index (χ4n) is 3.34. The molecule has 4 nitrogen and oxygen atoms in total. The normalized spacial score (nSPS) is 17.2. The van der Waals surface area contributed by atoms with E-state index in [2.05, 4.69) is 10.3 Å². The summed E-state index contributed by atoms with van der Waals surface area (Å²) in [6.45, 7) is 0.400. The molecule has 4 rings (SSSR count). The van der Waals surface area contributed by atoms with Crippen molar-refractivity contribution in [3.63, 3.8) is 0 Å². The summed E-state index contributed by atoms with van der Waals surface area (Å²) >= 11 is 0. The van der Waals surface area contributed by atoms with Gasteiger partial charge in [-0.3, -0.25) is 4.79 Å². The second kappa shape index (κ2) is 5.57. The van der Waals surface area contributed by atoms with Crippen LogP contribution in [0.25, 0.3) is 10.9 Å². The molecule has 5 heteroatoms. The second-order valence-corrected chi connectivity index (χ2v) is 6.01. The minimum atomic E-state index is -0.247. The summed E-state index contributed by atoms with van der Waals surface area (Å²) in [5.41, 5.74) is 3.14. The number of hydrogen-bond acceptors (Lipinski definition) is 2. The van der Waals surface area contributed by atoms with Crippen LogP contribution in [0.3, 0.4) is 0 Å². The van der Waals surface area contributed by atoms with Crippen LogP contribution in [0.5, 0.6) is 0 Å². The third-order valence-electron chi connectivity index (χ3n) is 4.54. The van der Waals surface area contributed by atoms with E-state index in [0.717, 1.165) is 40.8 Å². The summed E-state index contributed by atoms with van der Waals surface area (Å²) < 4.78 is 18.7. The van der Waals surface area contributed by atoms with Crippen molar-refractivity contribution in [1.82, 2.24) is 10.3 Å². The molecule has 2 heterocycles. The van der Waals surface area contributed by atoms with E-state index in [1.165, 1.54) is 6.07 Å². The number of aryl methyl sites for hydroxylation is 1. The fourth-order valence-corrected chi connectivity index (χ4v) is 3.34. The molecule has 1 aliphatic carbocycles. The molecule has 1 unspecified atom stereocenters. The molecule has 0 radical (unpaired) electrons. The Morgan fingerprint density at radius 2 is 2.30 bits per heavy atom. The average Bonchev–Trinajstić information content (AvgIpc) is 3.19. The molecule has 0 saturated heterocycles. The standard InChI is InChI=1S/C18H17FN2O2/c19-12-4-6-17-15(9-12)14-8-11(3-5-16(14)21-17)18(22)20-10-13-2-1-7-23-13/h1-2,4,6-7,9,11,21H,3,5,8,10H2,(H,20,22). The second-order valence-electron chi connectivity index (χ2n) is 6.01. The van der Waals surface area contributed by atoms with Crippen LogP contribution < -0.4 is 5.32 Å². The smallest absolute Gasteiger partial charge is 0.223 e. The quantitative estimate of drug-likeness (QED) is 0.779. The van der Waals surface area contributed by atoms with Gasteiger partial charge in [-0.1, -0.05) is 0 Å². The fraction of sp³-hybridized carbons (Fsp3) is 0.278. The van der Waals surface area contributed by atoms with Crippen molar-refractivity contribution >= 4 is 16.8 Å². The molecule has 2 aromatic heterocycles. The molecule has 118 valence electrons. The van der Waals surface area contributed by atoms with Crippen LogP contribution in [-0.2, 0) is 24.2 Å². The van der Waals surface area contributed by atoms with Crippen molar-refractivity contribution < 1.29 is 13.6 Å². The molecule has 23 heavy (non-hydrogen) atoms. The van der Waals surface area contributed by atoms with Gasteiger partial charge >= 0.3 is 0 Å². The monoisotopic (exact) mass is 312 g/mol. The number of H-pyrrole nitrogens is 1. The summed E-state index contributed by atoms with van der Waals surface area (Å²) in [6, 6.07) is 8.40. The number of aromatic nitrogens is 1. The van der Waals surface area contributed by atoms with E-state index in [-0.39, 0.29) is 17.6 Å². The van der Waals surface area contributed by atoms with Gasteiger partial charge in [0.25, 0.3) is 0 Å². The molecule has 2 N–H and O–H groups in total. The van der Waals surface area contributed by atoms with Crippen LogP contribution in [-0.4, -0.2) is 10.9 Å². The van der Waals surface area contributed by atoms with E-state index in [4.69, 9.17) is 4.42 Å². The van der Waals surface area contributed by atoms with Gasteiger partial charge in [0.15, 0.2) is 0 Å². The van der Waals surface area contributed by atoms with E-state index in [9.17, 15) is 9.18 Å². The van der Waals surface area contributed by atoms with Gasteiger partial charge in [-0.25, -0.2) is 4.39 Å². The van der Waals surface area contributed by atoms with E-state index in [1.807, 2.05) is 6.07 Å². The van der Waals surface area contributed by atoms with Crippen molar-refractivity contribution in [2.75, 3.05) is 0 Å². The van der Waals surface area contributed by atoms with Crippen LogP contribution in [0.15, 0.2) is 41.0 Å². The molecule has 3 aromatic rings. The molecule has 0 aliphatic heterocycles. The molecular formula is C18H17FN2O2. The van der Waals surface area contributed by atoms with Crippen molar-refractivity contribution in [3.8, 4) is 0 Å². The Morgan fingerprint density at radius 3 is 3.13 bits per heavy atom. The van der Waals surface area contributed by atoms with Gasteiger partial charge in [0.1, 0.15) is 11.6 Å². The minimum Gasteiger partial charge on any atom is -0.467 e. The molecule has 1 aromatic carbocycles. The summed E-state index contributed by atoms with van der Waals surface area (Å²) in [4.78, 5) is 15.7. The van der Waals surface area contributed by atoms with Crippen molar-refractivity contribution in [2.24, 2.45) is 5.92 Å². The number of aromatic amines is 1. The maximum Gasteiger partial charge on any atom is 0.223 e. The lowest BCUT2D eigenvalue weighted by atomic mass is 9.86. The summed E-state index contributed by atoms with van der Waals surface area (Å²) in [5.74, 6) is 0.435. The minimum absolute atomic E-state index is 0.0257. The predicted molar refractivity (Wildman–Crippen MR) is 84.3 cm³/mol. The average molecular weight is 312 g/mol. The summed E-state index contributed by atoms with van der Waals surface area (Å²) in [5, 5.41) is 3.81. The Morgan fingerprint density at radius 1 is 1.39 bits per heavy atom. The molecular weight excluding hydrogens is 295 g/mol. The maximum absolute atomic E-state index is 13.5. The van der Waals surface area contributed by atoms with E-state index in [1.54, 1.807) is 24.5 Å². The number of amides is 1. The molecule has 0 saturated carbocycles. The van der Waals surface area contributed by atoms with Gasteiger partial charge in [0, 0.05) is 22.5 Å². The van der Waals surface area contributed by atoms with Gasteiger partial charge in [0.05, 0.1) is 12.8 Å². The van der Waals surface area contributed by atoms with Crippen molar-refractivity contribution in [2.45, 2.75) is 25.8 Å². The zero-order valence-electron chi connectivity index (χ0n) is 12.6.